The van der Waals surface area contributed by atoms with E-state index in [1.807, 2.05) is 44.2 Å². The van der Waals surface area contributed by atoms with E-state index in [0.717, 1.165) is 12.0 Å². The van der Waals surface area contributed by atoms with Crippen molar-refractivity contribution in [3.63, 3.8) is 0 Å². The molecule has 0 fully saturated rings. The Balaban J connectivity index is 1.79. The molecule has 1 N–H and O–H groups in total. The summed E-state index contributed by atoms with van der Waals surface area (Å²) >= 11 is 0. The van der Waals surface area contributed by atoms with Crippen LogP contribution in [0.5, 0.6) is 0 Å². The van der Waals surface area contributed by atoms with E-state index in [4.69, 9.17) is 4.52 Å². The molecule has 0 saturated heterocycles. The van der Waals surface area contributed by atoms with Gasteiger partial charge in [0.25, 0.3) is 5.69 Å². The highest BCUT2D eigenvalue weighted by Crippen LogP contribution is 2.27. The van der Waals surface area contributed by atoms with E-state index in [0.29, 0.717) is 5.56 Å². The van der Waals surface area contributed by atoms with Gasteiger partial charge in [0.15, 0.2) is 0 Å². The van der Waals surface area contributed by atoms with Gasteiger partial charge < -0.3 is 9.84 Å². The van der Waals surface area contributed by atoms with Gasteiger partial charge in [-0.05, 0) is 17.6 Å². The van der Waals surface area contributed by atoms with Crippen molar-refractivity contribution in [1.82, 2.24) is 15.5 Å². The van der Waals surface area contributed by atoms with Crippen molar-refractivity contribution < 1.29 is 14.2 Å². The summed E-state index contributed by atoms with van der Waals surface area (Å²) < 4.78 is 5.40. The van der Waals surface area contributed by atoms with Crippen molar-refractivity contribution in [3.8, 4) is 11.4 Å². The monoisotopic (exact) mass is 406 g/mol. The lowest BCUT2D eigenvalue weighted by Gasteiger charge is -2.19. The summed E-state index contributed by atoms with van der Waals surface area (Å²) in [6.45, 7) is 3.98. The zero-order chi connectivity index (χ0) is 21.5. The fourth-order valence-corrected chi connectivity index (χ4v) is 2.86. The number of benzene rings is 2. The second-order valence-corrected chi connectivity index (χ2v) is 6.88. The van der Waals surface area contributed by atoms with Crippen LogP contribution in [0.2, 0.25) is 0 Å². The van der Waals surface area contributed by atoms with Gasteiger partial charge >= 0.3 is 0 Å². The molecule has 0 aliphatic carbocycles. The Morgan fingerprint density at radius 2 is 2.00 bits per heavy atom. The molecule has 1 aromatic heterocycles. The fourth-order valence-electron chi connectivity index (χ4n) is 2.86. The Morgan fingerprint density at radius 1 is 1.23 bits per heavy atom. The van der Waals surface area contributed by atoms with Crippen LogP contribution in [-0.4, -0.2) is 21.0 Å². The number of hydrogen-bond acceptors (Lipinski definition) is 6. The Hall–Kier alpha value is -3.81. The normalized spacial score (nSPS) is 13.1. The molecule has 1 amide bonds. The molecular weight excluding hydrogens is 384 g/mol. The van der Waals surface area contributed by atoms with Crippen molar-refractivity contribution in [2.45, 2.75) is 26.3 Å². The lowest BCUT2D eigenvalue weighted by atomic mass is 9.99. The summed E-state index contributed by atoms with van der Waals surface area (Å²) in [5.41, 5.74) is 1.33. The van der Waals surface area contributed by atoms with Crippen LogP contribution in [0, 0.1) is 16.0 Å². The first-order valence-electron chi connectivity index (χ1n) is 9.60. The zero-order valence-electron chi connectivity index (χ0n) is 16.7. The molecule has 8 heteroatoms. The maximum Gasteiger partial charge on any atom is 0.270 e. The highest BCUT2D eigenvalue weighted by molar-refractivity contribution is 5.91. The van der Waals surface area contributed by atoms with Crippen LogP contribution in [0.15, 0.2) is 65.2 Å². The number of nitrogens with one attached hydrogen (secondary N) is 1. The molecule has 3 rings (SSSR count). The molecular formula is C22H22N4O4. The molecule has 0 unspecified atom stereocenters. The lowest BCUT2D eigenvalue weighted by Crippen LogP contribution is -2.31. The maximum absolute atomic E-state index is 12.5. The van der Waals surface area contributed by atoms with E-state index >= 15 is 0 Å². The molecule has 0 aliphatic heterocycles. The number of rotatable bonds is 8. The van der Waals surface area contributed by atoms with Crippen LogP contribution in [0.4, 0.5) is 5.69 Å². The van der Waals surface area contributed by atoms with Crippen molar-refractivity contribution in [1.29, 1.82) is 0 Å². The average Bonchev–Trinajstić information content (AvgIpc) is 3.26. The minimum absolute atomic E-state index is 0.0393. The van der Waals surface area contributed by atoms with E-state index in [1.54, 1.807) is 18.2 Å². The first kappa shape index (κ1) is 20.9. The molecule has 30 heavy (non-hydrogen) atoms. The van der Waals surface area contributed by atoms with E-state index < -0.39 is 11.0 Å². The third kappa shape index (κ3) is 5.16. The molecule has 8 nitrogen and oxygen atoms in total. The number of carbonyl (C=O) groups is 1. The third-order valence-corrected chi connectivity index (χ3v) is 4.76. The molecule has 0 spiro atoms. The first-order chi connectivity index (χ1) is 14.5. The van der Waals surface area contributed by atoms with E-state index in [2.05, 4.69) is 15.5 Å². The van der Waals surface area contributed by atoms with Crippen molar-refractivity contribution in [2.24, 2.45) is 5.92 Å². The molecule has 154 valence electrons. The highest BCUT2D eigenvalue weighted by atomic mass is 16.6. The predicted molar refractivity (Wildman–Crippen MR) is 112 cm³/mol. The SMILES string of the molecule is CC[C@H](C)[C@@H](NC(=O)/C=C/c1ccccc1)c1nc(-c2cccc([N+](=O)[O-])c2)no1. The Morgan fingerprint density at radius 3 is 2.70 bits per heavy atom. The largest absolute Gasteiger partial charge is 0.340 e. The van der Waals surface area contributed by atoms with Crippen LogP contribution in [0.25, 0.3) is 17.5 Å². The van der Waals surface area contributed by atoms with Gasteiger partial charge in [-0.25, -0.2) is 0 Å². The molecule has 2 aromatic carbocycles. The topological polar surface area (TPSA) is 111 Å². The molecule has 0 radical (unpaired) electrons. The third-order valence-electron chi connectivity index (χ3n) is 4.76. The van der Waals surface area contributed by atoms with Gasteiger partial charge in [0.2, 0.25) is 17.6 Å². The standard InChI is InChI=1S/C22H22N4O4/c1-3-15(2)20(23-19(27)13-12-16-8-5-4-6-9-16)22-24-21(25-30-22)17-10-7-11-18(14-17)26(28)29/h4-15,20H,3H2,1-2H3,(H,23,27)/b13-12+/t15-,20+/m0/s1. The van der Waals surface area contributed by atoms with Gasteiger partial charge in [-0.15, -0.1) is 0 Å². The molecule has 2 atom stereocenters. The van der Waals surface area contributed by atoms with Crippen molar-refractivity contribution >= 4 is 17.7 Å². The molecule has 3 aromatic rings. The summed E-state index contributed by atoms with van der Waals surface area (Å²) in [6, 6.07) is 15.0. The summed E-state index contributed by atoms with van der Waals surface area (Å²) in [5, 5.41) is 17.9. The second-order valence-electron chi connectivity index (χ2n) is 6.88. The van der Waals surface area contributed by atoms with Gasteiger partial charge in [0.1, 0.15) is 6.04 Å². The van der Waals surface area contributed by atoms with Crippen LogP contribution in [-0.2, 0) is 4.79 Å². The minimum atomic E-state index is -0.483. The number of nitrogens with zero attached hydrogens (tertiary/aromatic N) is 3. The highest BCUT2D eigenvalue weighted by Gasteiger charge is 2.26. The van der Waals surface area contributed by atoms with Crippen LogP contribution in [0.3, 0.4) is 0 Å². The van der Waals surface area contributed by atoms with Gasteiger partial charge in [-0.3, -0.25) is 14.9 Å². The minimum Gasteiger partial charge on any atom is -0.340 e. The number of non-ortho nitro benzene ring substituents is 1. The summed E-state index contributed by atoms with van der Waals surface area (Å²) in [6.07, 6.45) is 3.97. The van der Waals surface area contributed by atoms with E-state index in [-0.39, 0.29) is 29.2 Å². The summed E-state index contributed by atoms with van der Waals surface area (Å²) in [5.74, 6) is 0.250. The van der Waals surface area contributed by atoms with Crippen molar-refractivity contribution in [2.75, 3.05) is 0 Å². The van der Waals surface area contributed by atoms with Gasteiger partial charge in [-0.2, -0.15) is 4.98 Å². The van der Waals surface area contributed by atoms with Gasteiger partial charge in [0, 0.05) is 23.8 Å². The molecule has 0 saturated carbocycles. The number of nitro benzene ring substituents is 1. The van der Waals surface area contributed by atoms with E-state index in [9.17, 15) is 14.9 Å². The Labute approximate surface area is 173 Å². The summed E-state index contributed by atoms with van der Waals surface area (Å²) in [4.78, 5) is 27.4. The number of aromatic nitrogens is 2. The molecule has 0 aliphatic rings. The zero-order valence-corrected chi connectivity index (χ0v) is 16.7. The second kappa shape index (κ2) is 9.60. The molecule has 0 bridgehead atoms. The van der Waals surface area contributed by atoms with Crippen LogP contribution >= 0.6 is 0 Å². The number of nitro groups is 1. The lowest BCUT2D eigenvalue weighted by molar-refractivity contribution is -0.384. The smallest absolute Gasteiger partial charge is 0.270 e. The number of amides is 1. The fraction of sp³-hybridized carbons (Fsp3) is 0.227. The van der Waals surface area contributed by atoms with E-state index in [1.165, 1.54) is 18.2 Å². The van der Waals surface area contributed by atoms with Gasteiger partial charge in [0.05, 0.1) is 4.92 Å². The number of hydrogen-bond donors (Lipinski definition) is 1. The van der Waals surface area contributed by atoms with Gasteiger partial charge in [-0.1, -0.05) is 67.9 Å². The first-order valence-corrected chi connectivity index (χ1v) is 9.60. The maximum atomic E-state index is 12.5. The Bertz CT molecular complexity index is 1050. The predicted octanol–water partition coefficient (Wildman–Crippen LogP) is 4.56. The van der Waals surface area contributed by atoms with Crippen LogP contribution < -0.4 is 5.32 Å². The molecule has 1 heterocycles. The van der Waals surface area contributed by atoms with Crippen molar-refractivity contribution in [3.05, 3.63) is 82.2 Å². The number of carbonyl (C=O) groups excluding carboxylic acids is 1. The van der Waals surface area contributed by atoms with Crippen LogP contribution in [0.1, 0.15) is 37.8 Å². The summed E-state index contributed by atoms with van der Waals surface area (Å²) in [7, 11) is 0. The Kier molecular flexibility index (Phi) is 6.69. The quantitative estimate of drug-likeness (QED) is 0.333. The average molecular weight is 406 g/mol.